The molecule has 0 radical (unpaired) electrons. The summed E-state index contributed by atoms with van der Waals surface area (Å²) in [6.45, 7) is 12.3. The van der Waals surface area contributed by atoms with E-state index >= 15 is 0 Å². The van der Waals surface area contributed by atoms with Crippen molar-refractivity contribution in [3.8, 4) is 0 Å². The fourth-order valence-corrected chi connectivity index (χ4v) is 2.45. The standard InChI is InChI=1S/C21H31N3O2/c1-16(2)15-26-12-11-20(25)22-19-13-18(21(3,4)5)23-24(19)14-17-9-7-6-8-10-17/h6-10,13,16H,11-12,14-15H2,1-5H3,(H,22,25). The van der Waals surface area contributed by atoms with E-state index in [0.29, 0.717) is 32.1 Å². The molecule has 0 aliphatic rings. The summed E-state index contributed by atoms with van der Waals surface area (Å²) in [6.07, 6.45) is 0.341. The molecule has 142 valence electrons. The minimum absolute atomic E-state index is 0.0524. The number of aromatic nitrogens is 2. The van der Waals surface area contributed by atoms with Crippen molar-refractivity contribution in [1.82, 2.24) is 9.78 Å². The van der Waals surface area contributed by atoms with Crippen LogP contribution in [-0.4, -0.2) is 28.9 Å². The van der Waals surface area contributed by atoms with Crippen LogP contribution in [0.4, 0.5) is 5.82 Å². The van der Waals surface area contributed by atoms with Gasteiger partial charge in [0.25, 0.3) is 0 Å². The summed E-state index contributed by atoms with van der Waals surface area (Å²) in [5.74, 6) is 1.15. The van der Waals surface area contributed by atoms with Crippen LogP contribution in [0.15, 0.2) is 36.4 Å². The number of carbonyl (C=O) groups excluding carboxylic acids is 1. The summed E-state index contributed by atoms with van der Waals surface area (Å²) in [5, 5.41) is 7.71. The highest BCUT2D eigenvalue weighted by atomic mass is 16.5. The van der Waals surface area contributed by atoms with Crippen LogP contribution in [-0.2, 0) is 21.5 Å². The lowest BCUT2D eigenvalue weighted by Crippen LogP contribution is -2.18. The maximum atomic E-state index is 12.3. The molecule has 0 aliphatic carbocycles. The van der Waals surface area contributed by atoms with E-state index in [9.17, 15) is 4.79 Å². The predicted octanol–water partition coefficient (Wildman–Crippen LogP) is 4.23. The van der Waals surface area contributed by atoms with Crippen molar-refractivity contribution >= 4 is 11.7 Å². The lowest BCUT2D eigenvalue weighted by Gasteiger charge is -2.14. The average molecular weight is 357 g/mol. The third kappa shape index (κ3) is 6.30. The lowest BCUT2D eigenvalue weighted by atomic mass is 9.92. The molecule has 26 heavy (non-hydrogen) atoms. The number of hydrogen-bond acceptors (Lipinski definition) is 3. The molecule has 2 aromatic rings. The molecule has 1 heterocycles. The van der Waals surface area contributed by atoms with Crippen molar-refractivity contribution in [2.24, 2.45) is 5.92 Å². The van der Waals surface area contributed by atoms with Crippen molar-refractivity contribution < 1.29 is 9.53 Å². The quantitative estimate of drug-likeness (QED) is 0.719. The molecule has 1 aromatic carbocycles. The summed E-state index contributed by atoms with van der Waals surface area (Å²) in [4.78, 5) is 12.3. The first-order valence-corrected chi connectivity index (χ1v) is 9.25. The molecule has 1 N–H and O–H groups in total. The van der Waals surface area contributed by atoms with Gasteiger partial charge in [0.05, 0.1) is 25.3 Å². The number of ether oxygens (including phenoxy) is 1. The fourth-order valence-electron chi connectivity index (χ4n) is 2.45. The molecule has 0 unspecified atom stereocenters. The number of benzene rings is 1. The van der Waals surface area contributed by atoms with E-state index < -0.39 is 0 Å². The summed E-state index contributed by atoms with van der Waals surface area (Å²) < 4.78 is 7.37. The number of carbonyl (C=O) groups is 1. The Kier molecular flexibility index (Phi) is 6.98. The summed E-state index contributed by atoms with van der Waals surface area (Å²) in [6, 6.07) is 12.1. The van der Waals surface area contributed by atoms with Crippen LogP contribution in [0, 0.1) is 5.92 Å². The van der Waals surface area contributed by atoms with Crippen LogP contribution in [0.25, 0.3) is 0 Å². The molecule has 0 saturated carbocycles. The molecule has 5 nitrogen and oxygen atoms in total. The van der Waals surface area contributed by atoms with Gasteiger partial charge in [-0.3, -0.25) is 4.79 Å². The Labute approximate surface area is 156 Å². The number of nitrogens with zero attached hydrogens (tertiary/aromatic N) is 2. The van der Waals surface area contributed by atoms with Gasteiger partial charge in [0, 0.05) is 18.1 Å². The van der Waals surface area contributed by atoms with E-state index in [4.69, 9.17) is 9.84 Å². The molecule has 1 aromatic heterocycles. The summed E-state index contributed by atoms with van der Waals surface area (Å²) in [7, 11) is 0. The van der Waals surface area contributed by atoms with Gasteiger partial charge in [0.1, 0.15) is 5.82 Å². The van der Waals surface area contributed by atoms with E-state index in [1.165, 1.54) is 0 Å². The van der Waals surface area contributed by atoms with E-state index in [1.54, 1.807) is 0 Å². The Morgan fingerprint density at radius 2 is 1.92 bits per heavy atom. The molecule has 2 rings (SSSR count). The van der Waals surface area contributed by atoms with Gasteiger partial charge >= 0.3 is 0 Å². The Balaban J connectivity index is 2.07. The van der Waals surface area contributed by atoms with Gasteiger partial charge in [0.2, 0.25) is 5.91 Å². The number of amides is 1. The minimum Gasteiger partial charge on any atom is -0.381 e. The first kappa shape index (κ1) is 20.2. The van der Waals surface area contributed by atoms with E-state index in [1.807, 2.05) is 28.9 Å². The Bertz CT molecular complexity index is 700. The molecule has 0 spiro atoms. The second kappa shape index (κ2) is 8.99. The smallest absolute Gasteiger partial charge is 0.227 e. The normalized spacial score (nSPS) is 11.8. The molecule has 1 amide bonds. The van der Waals surface area contributed by atoms with Crippen molar-refractivity contribution in [2.75, 3.05) is 18.5 Å². The Hall–Kier alpha value is -2.14. The van der Waals surface area contributed by atoms with Gasteiger partial charge in [-0.25, -0.2) is 4.68 Å². The van der Waals surface area contributed by atoms with Crippen molar-refractivity contribution in [2.45, 2.75) is 53.0 Å². The molecule has 0 saturated heterocycles. The number of hydrogen-bond donors (Lipinski definition) is 1. The van der Waals surface area contributed by atoms with Crippen LogP contribution in [0.1, 0.15) is 52.3 Å². The highest BCUT2D eigenvalue weighted by Crippen LogP contribution is 2.24. The second-order valence-corrected chi connectivity index (χ2v) is 8.08. The number of rotatable bonds is 8. The zero-order valence-electron chi connectivity index (χ0n) is 16.6. The van der Waals surface area contributed by atoms with Crippen LogP contribution in [0.3, 0.4) is 0 Å². The molecule has 0 bridgehead atoms. The largest absolute Gasteiger partial charge is 0.381 e. The van der Waals surface area contributed by atoms with Gasteiger partial charge < -0.3 is 10.1 Å². The molecular weight excluding hydrogens is 326 g/mol. The minimum atomic E-state index is -0.0816. The Morgan fingerprint density at radius 1 is 1.23 bits per heavy atom. The second-order valence-electron chi connectivity index (χ2n) is 8.08. The van der Waals surface area contributed by atoms with Crippen molar-refractivity contribution in [3.05, 3.63) is 47.7 Å². The van der Waals surface area contributed by atoms with Crippen LogP contribution >= 0.6 is 0 Å². The van der Waals surface area contributed by atoms with Crippen LogP contribution in [0.5, 0.6) is 0 Å². The maximum absolute atomic E-state index is 12.3. The van der Waals surface area contributed by atoms with Crippen molar-refractivity contribution in [1.29, 1.82) is 0 Å². The Morgan fingerprint density at radius 3 is 2.54 bits per heavy atom. The average Bonchev–Trinajstić information content (AvgIpc) is 2.95. The SMILES string of the molecule is CC(C)COCCC(=O)Nc1cc(C(C)(C)C)nn1Cc1ccccc1. The zero-order chi connectivity index (χ0) is 19.2. The van der Waals surface area contributed by atoms with E-state index in [-0.39, 0.29) is 11.3 Å². The van der Waals surface area contributed by atoms with Crippen LogP contribution < -0.4 is 5.32 Å². The number of nitrogens with one attached hydrogen (secondary N) is 1. The summed E-state index contributed by atoms with van der Waals surface area (Å²) in [5.41, 5.74) is 2.02. The predicted molar refractivity (Wildman–Crippen MR) is 105 cm³/mol. The van der Waals surface area contributed by atoms with Gasteiger partial charge in [-0.1, -0.05) is 65.0 Å². The highest BCUT2D eigenvalue weighted by molar-refractivity contribution is 5.90. The molecular formula is C21H31N3O2. The zero-order valence-corrected chi connectivity index (χ0v) is 16.6. The topological polar surface area (TPSA) is 56.1 Å². The third-order valence-corrected chi connectivity index (χ3v) is 3.92. The molecule has 0 aliphatic heterocycles. The number of anilines is 1. The van der Waals surface area contributed by atoms with Gasteiger partial charge in [-0.05, 0) is 11.5 Å². The van der Waals surface area contributed by atoms with Gasteiger partial charge in [-0.2, -0.15) is 5.10 Å². The first-order chi connectivity index (χ1) is 12.3. The molecule has 0 fully saturated rings. The maximum Gasteiger partial charge on any atom is 0.227 e. The van der Waals surface area contributed by atoms with Crippen LogP contribution in [0.2, 0.25) is 0 Å². The van der Waals surface area contributed by atoms with E-state index in [0.717, 1.165) is 17.1 Å². The van der Waals surface area contributed by atoms with Gasteiger partial charge in [0.15, 0.2) is 0 Å². The monoisotopic (exact) mass is 357 g/mol. The summed E-state index contributed by atoms with van der Waals surface area (Å²) >= 11 is 0. The third-order valence-electron chi connectivity index (χ3n) is 3.92. The molecule has 0 atom stereocenters. The fraction of sp³-hybridized carbons (Fsp3) is 0.524. The lowest BCUT2D eigenvalue weighted by molar-refractivity contribution is -0.117. The van der Waals surface area contributed by atoms with Crippen molar-refractivity contribution in [3.63, 3.8) is 0 Å². The van der Waals surface area contributed by atoms with E-state index in [2.05, 4.69) is 52.1 Å². The molecule has 5 heteroatoms. The first-order valence-electron chi connectivity index (χ1n) is 9.25. The van der Waals surface area contributed by atoms with Gasteiger partial charge in [-0.15, -0.1) is 0 Å². The highest BCUT2D eigenvalue weighted by Gasteiger charge is 2.21.